The van der Waals surface area contributed by atoms with Gasteiger partial charge in [0.05, 0.1) is 23.9 Å². The summed E-state index contributed by atoms with van der Waals surface area (Å²) in [5.41, 5.74) is 4.03. The molecule has 0 bridgehead atoms. The maximum Gasteiger partial charge on any atom is 0.291 e. The van der Waals surface area contributed by atoms with Gasteiger partial charge < -0.3 is 9.47 Å². The number of rotatable bonds is 11. The molecule has 3 heterocycles. The molecule has 0 spiro atoms. The van der Waals surface area contributed by atoms with Crippen LogP contribution in [0.5, 0.6) is 11.5 Å². The fourth-order valence-corrected chi connectivity index (χ4v) is 5.59. The monoisotopic (exact) mass is 577 g/mol. The summed E-state index contributed by atoms with van der Waals surface area (Å²) < 4.78 is 14.9. The first kappa shape index (κ1) is 27.4. The topological polar surface area (TPSA) is 83.5 Å². The SMILES string of the molecule is CCCCCCOc1ccc(-c2nc3sc(=Cc4cn(-c5ccccc5)nc4-c4ccc(OC)cc4)c(=O)n3n2)cc1. The van der Waals surface area contributed by atoms with Crippen LogP contribution in [0.15, 0.2) is 89.9 Å². The van der Waals surface area contributed by atoms with Crippen molar-refractivity contribution in [1.29, 1.82) is 0 Å². The van der Waals surface area contributed by atoms with E-state index < -0.39 is 0 Å². The molecule has 0 aliphatic carbocycles. The van der Waals surface area contributed by atoms with Gasteiger partial charge in [-0.3, -0.25) is 4.79 Å². The molecule has 9 heteroatoms. The Balaban J connectivity index is 1.30. The van der Waals surface area contributed by atoms with E-state index in [9.17, 15) is 4.79 Å². The lowest BCUT2D eigenvalue weighted by Crippen LogP contribution is -2.23. The summed E-state index contributed by atoms with van der Waals surface area (Å²) in [5, 5.41) is 9.40. The normalized spacial score (nSPS) is 11.8. The minimum atomic E-state index is -0.214. The van der Waals surface area contributed by atoms with E-state index in [1.807, 2.05) is 95.8 Å². The first-order chi connectivity index (χ1) is 20.6. The quantitative estimate of drug-likeness (QED) is 0.171. The average molecular weight is 578 g/mol. The molecule has 0 aliphatic rings. The van der Waals surface area contributed by atoms with Crippen LogP contribution in [0.4, 0.5) is 0 Å². The molecule has 42 heavy (non-hydrogen) atoms. The Morgan fingerprint density at radius 3 is 2.31 bits per heavy atom. The Bertz CT molecular complexity index is 1890. The molecule has 0 unspecified atom stereocenters. The number of thiazole rings is 1. The number of benzene rings is 3. The Hall–Kier alpha value is -4.76. The Morgan fingerprint density at radius 1 is 0.857 bits per heavy atom. The first-order valence-corrected chi connectivity index (χ1v) is 14.9. The number of methoxy groups -OCH3 is 1. The first-order valence-electron chi connectivity index (χ1n) is 14.1. The van der Waals surface area contributed by atoms with Crippen LogP contribution >= 0.6 is 11.3 Å². The van der Waals surface area contributed by atoms with Crippen molar-refractivity contribution >= 4 is 22.4 Å². The van der Waals surface area contributed by atoms with Crippen LogP contribution in [0.3, 0.4) is 0 Å². The summed E-state index contributed by atoms with van der Waals surface area (Å²) in [6.45, 7) is 2.91. The molecule has 0 saturated heterocycles. The van der Waals surface area contributed by atoms with Gasteiger partial charge in [-0.2, -0.15) is 14.6 Å². The number of unbranched alkanes of at least 4 members (excludes halogenated alkanes) is 3. The van der Waals surface area contributed by atoms with Crippen molar-refractivity contribution in [3.05, 3.63) is 106 Å². The van der Waals surface area contributed by atoms with Gasteiger partial charge in [-0.05, 0) is 73.2 Å². The third kappa shape index (κ3) is 5.82. The molecule has 6 rings (SSSR count). The van der Waals surface area contributed by atoms with E-state index in [0.29, 0.717) is 21.9 Å². The second-order valence-electron chi connectivity index (χ2n) is 9.92. The molecule has 3 aromatic heterocycles. The Labute approximate surface area is 247 Å². The predicted octanol–water partition coefficient (Wildman–Crippen LogP) is 6.19. The van der Waals surface area contributed by atoms with Crippen molar-refractivity contribution < 1.29 is 9.47 Å². The van der Waals surface area contributed by atoms with E-state index in [0.717, 1.165) is 46.0 Å². The van der Waals surface area contributed by atoms with Gasteiger partial charge in [0, 0.05) is 22.9 Å². The fraction of sp³-hybridized carbons (Fsp3) is 0.212. The molecular weight excluding hydrogens is 546 g/mol. The largest absolute Gasteiger partial charge is 0.497 e. The van der Waals surface area contributed by atoms with Gasteiger partial charge in [-0.1, -0.05) is 55.7 Å². The highest BCUT2D eigenvalue weighted by Gasteiger charge is 2.15. The zero-order valence-corrected chi connectivity index (χ0v) is 24.4. The minimum absolute atomic E-state index is 0.214. The molecular formula is C33H31N5O3S. The molecule has 0 N–H and O–H groups in total. The maximum absolute atomic E-state index is 13.4. The number of nitrogens with zero attached hydrogens (tertiary/aromatic N) is 5. The lowest BCUT2D eigenvalue weighted by Gasteiger charge is -2.06. The summed E-state index contributed by atoms with van der Waals surface area (Å²) in [6, 6.07) is 25.3. The van der Waals surface area contributed by atoms with Crippen molar-refractivity contribution in [2.75, 3.05) is 13.7 Å². The highest BCUT2D eigenvalue weighted by atomic mass is 32.1. The van der Waals surface area contributed by atoms with Crippen LogP contribution in [-0.2, 0) is 0 Å². The van der Waals surface area contributed by atoms with Crippen LogP contribution < -0.4 is 19.6 Å². The van der Waals surface area contributed by atoms with Crippen molar-refractivity contribution in [2.45, 2.75) is 32.6 Å². The molecule has 0 aliphatic heterocycles. The van der Waals surface area contributed by atoms with Crippen LogP contribution in [-0.4, -0.2) is 38.1 Å². The van der Waals surface area contributed by atoms with Gasteiger partial charge >= 0.3 is 0 Å². The van der Waals surface area contributed by atoms with Gasteiger partial charge in [0.15, 0.2) is 5.82 Å². The second-order valence-corrected chi connectivity index (χ2v) is 10.9. The smallest absolute Gasteiger partial charge is 0.291 e. The van der Waals surface area contributed by atoms with E-state index >= 15 is 0 Å². The van der Waals surface area contributed by atoms with E-state index in [4.69, 9.17) is 14.6 Å². The zero-order chi connectivity index (χ0) is 28.9. The Morgan fingerprint density at radius 2 is 1.60 bits per heavy atom. The van der Waals surface area contributed by atoms with Gasteiger partial charge in [-0.15, -0.1) is 5.10 Å². The molecule has 8 nitrogen and oxygen atoms in total. The molecule has 0 atom stereocenters. The minimum Gasteiger partial charge on any atom is -0.497 e. The van der Waals surface area contributed by atoms with Crippen molar-refractivity contribution in [2.24, 2.45) is 0 Å². The molecule has 0 amide bonds. The number of hydrogen-bond acceptors (Lipinski definition) is 7. The standard InChI is InChI=1S/C33H31N5O3S/c1-3-4-5-9-20-41-28-18-14-24(15-19-28)31-34-33-38(36-31)32(39)29(42-33)21-25-22-37(26-10-7-6-8-11-26)35-30(25)23-12-16-27(40-2)17-13-23/h6-8,10-19,21-22H,3-5,9,20H2,1-2H3. The average Bonchev–Trinajstić information content (AvgIpc) is 3.73. The zero-order valence-electron chi connectivity index (χ0n) is 23.6. The van der Waals surface area contributed by atoms with E-state index in [1.54, 1.807) is 7.11 Å². The number of ether oxygens (including phenoxy) is 2. The van der Waals surface area contributed by atoms with E-state index in [-0.39, 0.29) is 5.56 Å². The summed E-state index contributed by atoms with van der Waals surface area (Å²) in [4.78, 5) is 18.6. The second kappa shape index (κ2) is 12.4. The van der Waals surface area contributed by atoms with Crippen LogP contribution in [0.25, 0.3) is 39.4 Å². The lowest BCUT2D eigenvalue weighted by molar-refractivity contribution is 0.305. The van der Waals surface area contributed by atoms with Crippen molar-refractivity contribution in [3.8, 4) is 39.8 Å². The molecule has 0 fully saturated rings. The highest BCUT2D eigenvalue weighted by Crippen LogP contribution is 2.27. The summed E-state index contributed by atoms with van der Waals surface area (Å²) >= 11 is 1.31. The Kier molecular flexibility index (Phi) is 8.09. The van der Waals surface area contributed by atoms with E-state index in [1.165, 1.54) is 35.1 Å². The number of fused-ring (bicyclic) bond motifs is 1. The molecule has 6 aromatic rings. The van der Waals surface area contributed by atoms with Gasteiger partial charge in [-0.25, -0.2) is 4.68 Å². The fourth-order valence-electron chi connectivity index (χ4n) is 4.70. The summed E-state index contributed by atoms with van der Waals surface area (Å²) in [7, 11) is 1.64. The van der Waals surface area contributed by atoms with Crippen molar-refractivity contribution in [1.82, 2.24) is 24.4 Å². The predicted molar refractivity (Wildman–Crippen MR) is 167 cm³/mol. The molecule has 212 valence electrons. The summed E-state index contributed by atoms with van der Waals surface area (Å²) in [6.07, 6.45) is 8.46. The maximum atomic E-state index is 13.4. The van der Waals surface area contributed by atoms with Crippen LogP contribution in [0.2, 0.25) is 0 Å². The summed E-state index contributed by atoms with van der Waals surface area (Å²) in [5.74, 6) is 2.09. The third-order valence-corrected chi connectivity index (χ3v) is 7.93. The van der Waals surface area contributed by atoms with Crippen LogP contribution in [0, 0.1) is 0 Å². The molecule has 0 radical (unpaired) electrons. The number of para-hydroxylation sites is 1. The highest BCUT2D eigenvalue weighted by molar-refractivity contribution is 7.15. The van der Waals surface area contributed by atoms with E-state index in [2.05, 4.69) is 17.0 Å². The lowest BCUT2D eigenvalue weighted by atomic mass is 10.1. The number of hydrogen-bond donors (Lipinski definition) is 0. The van der Waals surface area contributed by atoms with Gasteiger partial charge in [0.2, 0.25) is 4.96 Å². The molecule has 3 aromatic carbocycles. The number of aromatic nitrogens is 5. The van der Waals surface area contributed by atoms with Crippen molar-refractivity contribution in [3.63, 3.8) is 0 Å². The molecule has 0 saturated carbocycles. The van der Waals surface area contributed by atoms with Crippen LogP contribution in [0.1, 0.15) is 38.2 Å². The van der Waals surface area contributed by atoms with Gasteiger partial charge in [0.25, 0.3) is 5.56 Å². The third-order valence-electron chi connectivity index (χ3n) is 6.97. The van der Waals surface area contributed by atoms with Gasteiger partial charge in [0.1, 0.15) is 17.2 Å².